The van der Waals surface area contributed by atoms with Gasteiger partial charge in [-0.05, 0) is 42.8 Å². The summed E-state index contributed by atoms with van der Waals surface area (Å²) in [6, 6.07) is 9.17. The SMILES string of the molecule is Cc1c(Br)cccc1NC(=O)c1ccc(F)cc1Cl. The van der Waals surface area contributed by atoms with Gasteiger partial charge in [0, 0.05) is 10.2 Å². The van der Waals surface area contributed by atoms with Gasteiger partial charge < -0.3 is 5.32 Å². The van der Waals surface area contributed by atoms with Gasteiger partial charge in [0.25, 0.3) is 5.91 Å². The van der Waals surface area contributed by atoms with Crippen molar-refractivity contribution < 1.29 is 9.18 Å². The van der Waals surface area contributed by atoms with Crippen molar-refractivity contribution in [3.63, 3.8) is 0 Å². The second-order valence-corrected chi connectivity index (χ2v) is 5.25. The van der Waals surface area contributed by atoms with E-state index < -0.39 is 5.82 Å². The highest BCUT2D eigenvalue weighted by atomic mass is 79.9. The number of rotatable bonds is 2. The summed E-state index contributed by atoms with van der Waals surface area (Å²) in [4.78, 5) is 12.1. The molecular formula is C14H10BrClFNO. The van der Waals surface area contributed by atoms with E-state index in [9.17, 15) is 9.18 Å². The van der Waals surface area contributed by atoms with Crippen molar-refractivity contribution in [2.75, 3.05) is 5.32 Å². The van der Waals surface area contributed by atoms with Crippen LogP contribution >= 0.6 is 27.5 Å². The van der Waals surface area contributed by atoms with E-state index in [0.29, 0.717) is 5.69 Å². The number of amides is 1. The first-order valence-corrected chi connectivity index (χ1v) is 6.67. The van der Waals surface area contributed by atoms with Gasteiger partial charge in [0.15, 0.2) is 0 Å². The molecule has 2 rings (SSSR count). The minimum absolute atomic E-state index is 0.0881. The van der Waals surface area contributed by atoms with E-state index in [-0.39, 0.29) is 16.5 Å². The van der Waals surface area contributed by atoms with E-state index in [4.69, 9.17) is 11.6 Å². The van der Waals surface area contributed by atoms with Gasteiger partial charge in [-0.3, -0.25) is 4.79 Å². The Morgan fingerprint density at radius 1 is 1.32 bits per heavy atom. The fraction of sp³-hybridized carbons (Fsp3) is 0.0714. The third-order valence-corrected chi connectivity index (χ3v) is 3.86. The van der Waals surface area contributed by atoms with E-state index in [2.05, 4.69) is 21.2 Å². The summed E-state index contributed by atoms with van der Waals surface area (Å²) >= 11 is 9.24. The Morgan fingerprint density at radius 3 is 2.74 bits per heavy atom. The number of anilines is 1. The summed E-state index contributed by atoms with van der Waals surface area (Å²) in [5.74, 6) is -0.841. The number of hydrogen-bond acceptors (Lipinski definition) is 1. The molecule has 2 nitrogen and oxygen atoms in total. The predicted molar refractivity (Wildman–Crippen MR) is 78.2 cm³/mol. The van der Waals surface area contributed by atoms with Gasteiger partial charge in [-0.2, -0.15) is 0 Å². The summed E-state index contributed by atoms with van der Waals surface area (Å²) in [5, 5.41) is 2.84. The minimum Gasteiger partial charge on any atom is -0.322 e. The molecule has 0 saturated carbocycles. The standard InChI is InChI=1S/C14H10BrClFNO/c1-8-11(15)3-2-4-13(8)18-14(19)10-6-5-9(17)7-12(10)16/h2-7H,1H3,(H,18,19). The van der Waals surface area contributed by atoms with E-state index in [1.54, 1.807) is 6.07 Å². The second-order valence-electron chi connectivity index (χ2n) is 3.99. The van der Waals surface area contributed by atoms with Gasteiger partial charge in [0.1, 0.15) is 5.82 Å². The minimum atomic E-state index is -0.472. The number of halogens is 3. The molecule has 2 aromatic carbocycles. The Balaban J connectivity index is 2.28. The topological polar surface area (TPSA) is 29.1 Å². The van der Waals surface area contributed by atoms with E-state index in [0.717, 1.165) is 16.1 Å². The lowest BCUT2D eigenvalue weighted by Gasteiger charge is -2.10. The summed E-state index contributed by atoms with van der Waals surface area (Å²) < 4.78 is 13.8. The Morgan fingerprint density at radius 2 is 2.05 bits per heavy atom. The summed E-state index contributed by atoms with van der Waals surface area (Å²) in [6.07, 6.45) is 0. The van der Waals surface area contributed by atoms with Crippen molar-refractivity contribution in [2.45, 2.75) is 6.92 Å². The molecule has 0 saturated heterocycles. The monoisotopic (exact) mass is 341 g/mol. The van der Waals surface area contributed by atoms with E-state index in [1.165, 1.54) is 12.1 Å². The van der Waals surface area contributed by atoms with Gasteiger partial charge in [-0.15, -0.1) is 0 Å². The second kappa shape index (κ2) is 5.72. The highest BCUT2D eigenvalue weighted by Gasteiger charge is 2.12. The van der Waals surface area contributed by atoms with Crippen LogP contribution in [0.5, 0.6) is 0 Å². The molecule has 0 fully saturated rings. The number of benzene rings is 2. The normalized spacial score (nSPS) is 10.3. The maximum absolute atomic E-state index is 12.9. The Bertz CT molecular complexity index is 645. The fourth-order valence-electron chi connectivity index (χ4n) is 1.61. The Kier molecular flexibility index (Phi) is 4.22. The zero-order chi connectivity index (χ0) is 14.0. The van der Waals surface area contributed by atoms with Crippen LogP contribution in [0.3, 0.4) is 0 Å². The van der Waals surface area contributed by atoms with Crippen molar-refractivity contribution in [3.05, 3.63) is 62.8 Å². The van der Waals surface area contributed by atoms with Crippen LogP contribution in [-0.4, -0.2) is 5.91 Å². The molecule has 2 aromatic rings. The van der Waals surface area contributed by atoms with Crippen molar-refractivity contribution in [1.29, 1.82) is 0 Å². The summed E-state index contributed by atoms with van der Waals surface area (Å²) in [5.41, 5.74) is 1.83. The average Bonchev–Trinajstić information content (AvgIpc) is 2.34. The van der Waals surface area contributed by atoms with E-state index in [1.807, 2.05) is 19.1 Å². The van der Waals surface area contributed by atoms with Crippen molar-refractivity contribution in [2.24, 2.45) is 0 Å². The molecule has 1 amide bonds. The molecule has 19 heavy (non-hydrogen) atoms. The largest absolute Gasteiger partial charge is 0.322 e. The molecular weight excluding hydrogens is 333 g/mol. The predicted octanol–water partition coefficient (Wildman–Crippen LogP) is 4.80. The van der Waals surface area contributed by atoms with Crippen LogP contribution in [0.25, 0.3) is 0 Å². The lowest BCUT2D eigenvalue weighted by molar-refractivity contribution is 0.102. The van der Waals surface area contributed by atoms with Gasteiger partial charge in [0.2, 0.25) is 0 Å². The van der Waals surface area contributed by atoms with Crippen LogP contribution in [0.4, 0.5) is 10.1 Å². The van der Waals surface area contributed by atoms with Crippen LogP contribution in [0.2, 0.25) is 5.02 Å². The third kappa shape index (κ3) is 3.14. The summed E-state index contributed by atoms with van der Waals surface area (Å²) in [6.45, 7) is 1.88. The molecule has 0 heterocycles. The zero-order valence-corrected chi connectivity index (χ0v) is 12.3. The van der Waals surface area contributed by atoms with E-state index >= 15 is 0 Å². The van der Waals surface area contributed by atoms with Gasteiger partial charge in [0.05, 0.1) is 10.6 Å². The molecule has 0 aromatic heterocycles. The molecule has 0 atom stereocenters. The number of hydrogen-bond donors (Lipinski definition) is 1. The first-order chi connectivity index (χ1) is 8.99. The third-order valence-electron chi connectivity index (χ3n) is 2.69. The lowest BCUT2D eigenvalue weighted by Crippen LogP contribution is -2.13. The zero-order valence-electron chi connectivity index (χ0n) is 10.0. The molecule has 5 heteroatoms. The van der Waals surface area contributed by atoms with Gasteiger partial charge >= 0.3 is 0 Å². The number of nitrogens with one attached hydrogen (secondary N) is 1. The summed E-state index contributed by atoms with van der Waals surface area (Å²) in [7, 11) is 0. The highest BCUT2D eigenvalue weighted by molar-refractivity contribution is 9.10. The average molecular weight is 343 g/mol. The molecule has 0 aliphatic rings. The smallest absolute Gasteiger partial charge is 0.257 e. The quantitative estimate of drug-likeness (QED) is 0.834. The maximum Gasteiger partial charge on any atom is 0.257 e. The van der Waals surface area contributed by atoms with Crippen LogP contribution in [-0.2, 0) is 0 Å². The van der Waals surface area contributed by atoms with Crippen LogP contribution in [0.1, 0.15) is 15.9 Å². The van der Waals surface area contributed by atoms with Crippen molar-refractivity contribution in [3.8, 4) is 0 Å². The fourth-order valence-corrected chi connectivity index (χ4v) is 2.23. The van der Waals surface area contributed by atoms with Crippen LogP contribution < -0.4 is 5.32 Å². The Labute approximate surface area is 123 Å². The van der Waals surface area contributed by atoms with Gasteiger partial charge in [-0.1, -0.05) is 33.6 Å². The number of carbonyl (C=O) groups excluding carboxylic acids is 1. The first kappa shape index (κ1) is 14.0. The van der Waals surface area contributed by atoms with Crippen LogP contribution in [0, 0.1) is 12.7 Å². The molecule has 1 N–H and O–H groups in total. The molecule has 0 aliphatic heterocycles. The number of carbonyl (C=O) groups is 1. The molecule has 98 valence electrons. The molecule has 0 bridgehead atoms. The van der Waals surface area contributed by atoms with Gasteiger partial charge in [-0.25, -0.2) is 4.39 Å². The molecule has 0 radical (unpaired) electrons. The first-order valence-electron chi connectivity index (χ1n) is 5.50. The van der Waals surface area contributed by atoms with Crippen LogP contribution in [0.15, 0.2) is 40.9 Å². The highest BCUT2D eigenvalue weighted by Crippen LogP contribution is 2.25. The molecule has 0 aliphatic carbocycles. The van der Waals surface area contributed by atoms with Crippen molar-refractivity contribution >= 4 is 39.1 Å². The Hall–Kier alpha value is -1.39. The lowest BCUT2D eigenvalue weighted by atomic mass is 10.1. The molecule has 0 unspecified atom stereocenters. The maximum atomic E-state index is 12.9. The van der Waals surface area contributed by atoms with Crippen molar-refractivity contribution in [1.82, 2.24) is 0 Å². The molecule has 0 spiro atoms.